The highest BCUT2D eigenvalue weighted by Gasteiger charge is 2.24. The second-order valence-electron chi connectivity index (χ2n) is 3.55. The first-order valence-electron chi connectivity index (χ1n) is 4.79. The Balaban J connectivity index is 3.00. The average molecular weight is 304 g/mol. The van der Waals surface area contributed by atoms with Gasteiger partial charge in [0, 0.05) is 11.5 Å². The maximum absolute atomic E-state index is 12.8. The molecule has 0 aromatic heterocycles. The van der Waals surface area contributed by atoms with Crippen molar-refractivity contribution in [1.29, 1.82) is 0 Å². The van der Waals surface area contributed by atoms with Crippen LogP contribution in [0.2, 0.25) is 0 Å². The Hall–Kier alpha value is -1.43. The number of amides is 1. The highest BCUT2D eigenvalue weighted by Crippen LogP contribution is 2.20. The smallest absolute Gasteiger partial charge is 0.326 e. The zero-order valence-electron chi connectivity index (χ0n) is 9.28. The summed E-state index contributed by atoms with van der Waals surface area (Å²) in [5.74, 6) is -2.05. The quantitative estimate of drug-likeness (QED) is 0.930. The number of likely N-dealkylation sites (N-methyl/N-ethyl adjacent to an activating group) is 1. The predicted molar refractivity (Wildman–Crippen MR) is 63.3 cm³/mol. The SMILES string of the molecule is CC(C(=O)O)N(C)C(=O)c1ccc(F)cc1Br. The lowest BCUT2D eigenvalue weighted by Gasteiger charge is -2.22. The van der Waals surface area contributed by atoms with Gasteiger partial charge in [-0.05, 0) is 41.1 Å². The summed E-state index contributed by atoms with van der Waals surface area (Å²) in [5, 5.41) is 8.80. The number of hydrogen-bond donors (Lipinski definition) is 1. The molecule has 1 amide bonds. The number of carboxylic acid groups (broad SMARTS) is 1. The van der Waals surface area contributed by atoms with Crippen LogP contribution in [0.4, 0.5) is 4.39 Å². The summed E-state index contributed by atoms with van der Waals surface area (Å²) in [6.07, 6.45) is 0. The van der Waals surface area contributed by atoms with E-state index in [1.54, 1.807) is 0 Å². The number of nitrogens with zero attached hydrogens (tertiary/aromatic N) is 1. The van der Waals surface area contributed by atoms with Crippen molar-refractivity contribution < 1.29 is 19.1 Å². The van der Waals surface area contributed by atoms with E-state index in [2.05, 4.69) is 15.9 Å². The summed E-state index contributed by atoms with van der Waals surface area (Å²) >= 11 is 3.07. The van der Waals surface area contributed by atoms with Crippen molar-refractivity contribution in [2.75, 3.05) is 7.05 Å². The van der Waals surface area contributed by atoms with Gasteiger partial charge in [-0.1, -0.05) is 0 Å². The summed E-state index contributed by atoms with van der Waals surface area (Å²) in [7, 11) is 1.39. The van der Waals surface area contributed by atoms with E-state index in [4.69, 9.17) is 5.11 Å². The highest BCUT2D eigenvalue weighted by atomic mass is 79.9. The van der Waals surface area contributed by atoms with Crippen LogP contribution in [0.1, 0.15) is 17.3 Å². The molecule has 1 atom stereocenters. The molecule has 0 aliphatic carbocycles. The van der Waals surface area contributed by atoms with E-state index >= 15 is 0 Å². The van der Waals surface area contributed by atoms with Gasteiger partial charge < -0.3 is 10.0 Å². The van der Waals surface area contributed by atoms with Crippen molar-refractivity contribution in [2.24, 2.45) is 0 Å². The van der Waals surface area contributed by atoms with Crippen molar-refractivity contribution >= 4 is 27.8 Å². The molecule has 0 fully saturated rings. The second kappa shape index (κ2) is 5.27. The molecule has 0 heterocycles. The molecule has 0 saturated heterocycles. The minimum absolute atomic E-state index is 0.224. The molecule has 6 heteroatoms. The molecular weight excluding hydrogens is 293 g/mol. The molecule has 0 bridgehead atoms. The monoisotopic (exact) mass is 303 g/mol. The minimum atomic E-state index is -1.10. The van der Waals surface area contributed by atoms with Gasteiger partial charge in [-0.2, -0.15) is 0 Å². The highest BCUT2D eigenvalue weighted by molar-refractivity contribution is 9.10. The molecular formula is C11H11BrFNO3. The van der Waals surface area contributed by atoms with Gasteiger partial charge in [0.25, 0.3) is 5.91 Å². The molecule has 0 spiro atoms. The zero-order chi connectivity index (χ0) is 13.2. The number of hydrogen-bond acceptors (Lipinski definition) is 2. The van der Waals surface area contributed by atoms with Gasteiger partial charge in [-0.15, -0.1) is 0 Å². The first kappa shape index (κ1) is 13.6. The topological polar surface area (TPSA) is 57.6 Å². The van der Waals surface area contributed by atoms with Gasteiger partial charge in [0.2, 0.25) is 0 Å². The number of aliphatic carboxylic acids is 1. The summed E-state index contributed by atoms with van der Waals surface area (Å²) in [4.78, 5) is 23.8. The lowest BCUT2D eigenvalue weighted by molar-refractivity contribution is -0.141. The van der Waals surface area contributed by atoms with E-state index in [0.717, 1.165) is 17.0 Å². The van der Waals surface area contributed by atoms with E-state index in [9.17, 15) is 14.0 Å². The molecule has 1 unspecified atom stereocenters. The van der Waals surface area contributed by atoms with E-state index in [0.29, 0.717) is 4.47 Å². The van der Waals surface area contributed by atoms with Crippen LogP contribution in [-0.2, 0) is 4.79 Å². The third kappa shape index (κ3) is 3.03. The van der Waals surface area contributed by atoms with Crippen molar-refractivity contribution in [3.8, 4) is 0 Å². The number of rotatable bonds is 3. The van der Waals surface area contributed by atoms with Crippen LogP contribution in [0.25, 0.3) is 0 Å². The molecule has 1 N–H and O–H groups in total. The standard InChI is InChI=1S/C11H11BrFNO3/c1-6(11(16)17)14(2)10(15)8-4-3-7(13)5-9(8)12/h3-6H,1-2H3,(H,16,17). The van der Waals surface area contributed by atoms with Crippen molar-refractivity contribution in [3.05, 3.63) is 34.1 Å². The lowest BCUT2D eigenvalue weighted by atomic mass is 10.1. The number of carbonyl (C=O) groups is 2. The Morgan fingerprint density at radius 3 is 2.53 bits per heavy atom. The van der Waals surface area contributed by atoms with E-state index in [1.807, 2.05) is 0 Å². The van der Waals surface area contributed by atoms with Gasteiger partial charge in [-0.3, -0.25) is 4.79 Å². The fourth-order valence-electron chi connectivity index (χ4n) is 1.19. The van der Waals surface area contributed by atoms with Crippen LogP contribution in [0.5, 0.6) is 0 Å². The van der Waals surface area contributed by atoms with Crippen molar-refractivity contribution in [1.82, 2.24) is 4.90 Å². The third-order valence-electron chi connectivity index (χ3n) is 2.42. The Morgan fingerprint density at radius 2 is 2.06 bits per heavy atom. The van der Waals surface area contributed by atoms with E-state index in [1.165, 1.54) is 20.0 Å². The molecule has 0 aliphatic rings. The predicted octanol–water partition coefficient (Wildman–Crippen LogP) is 2.13. The number of carbonyl (C=O) groups excluding carboxylic acids is 1. The summed E-state index contributed by atoms with van der Waals surface area (Å²) in [6.45, 7) is 1.40. The Bertz CT molecular complexity index is 464. The molecule has 92 valence electrons. The largest absolute Gasteiger partial charge is 0.480 e. The normalized spacial score (nSPS) is 12.0. The number of benzene rings is 1. The summed E-state index contributed by atoms with van der Waals surface area (Å²) in [6, 6.07) is 2.68. The number of carboxylic acids is 1. The van der Waals surface area contributed by atoms with Gasteiger partial charge in [0.15, 0.2) is 0 Å². The van der Waals surface area contributed by atoms with Crippen LogP contribution >= 0.6 is 15.9 Å². The second-order valence-corrected chi connectivity index (χ2v) is 4.41. The molecule has 4 nitrogen and oxygen atoms in total. The van der Waals surface area contributed by atoms with Gasteiger partial charge in [-0.25, -0.2) is 9.18 Å². The molecule has 0 saturated carbocycles. The summed E-state index contributed by atoms with van der Waals surface area (Å²) in [5.41, 5.74) is 0.224. The molecule has 0 aliphatic heterocycles. The van der Waals surface area contributed by atoms with E-state index in [-0.39, 0.29) is 5.56 Å². The van der Waals surface area contributed by atoms with Crippen molar-refractivity contribution in [2.45, 2.75) is 13.0 Å². The maximum atomic E-state index is 12.8. The summed E-state index contributed by atoms with van der Waals surface area (Å²) < 4.78 is 13.1. The fraction of sp³-hybridized carbons (Fsp3) is 0.273. The zero-order valence-corrected chi connectivity index (χ0v) is 10.9. The van der Waals surface area contributed by atoms with Gasteiger partial charge in [0.05, 0.1) is 5.56 Å². The Kier molecular flexibility index (Phi) is 4.22. The Labute approximate surface area is 106 Å². The van der Waals surface area contributed by atoms with Crippen LogP contribution in [-0.4, -0.2) is 35.0 Å². The van der Waals surface area contributed by atoms with Gasteiger partial charge in [0.1, 0.15) is 11.9 Å². The first-order chi connectivity index (χ1) is 7.84. The van der Waals surface area contributed by atoms with Crippen LogP contribution in [0.15, 0.2) is 22.7 Å². The maximum Gasteiger partial charge on any atom is 0.326 e. The first-order valence-corrected chi connectivity index (χ1v) is 5.59. The van der Waals surface area contributed by atoms with Crippen LogP contribution in [0.3, 0.4) is 0 Å². The molecule has 1 aromatic carbocycles. The Morgan fingerprint density at radius 1 is 1.47 bits per heavy atom. The molecule has 1 aromatic rings. The third-order valence-corrected chi connectivity index (χ3v) is 3.08. The van der Waals surface area contributed by atoms with E-state index < -0.39 is 23.7 Å². The van der Waals surface area contributed by atoms with Crippen LogP contribution in [0, 0.1) is 5.82 Å². The minimum Gasteiger partial charge on any atom is -0.480 e. The fourth-order valence-corrected chi connectivity index (χ4v) is 1.71. The molecule has 0 radical (unpaired) electrons. The van der Waals surface area contributed by atoms with Crippen molar-refractivity contribution in [3.63, 3.8) is 0 Å². The van der Waals surface area contributed by atoms with Crippen LogP contribution < -0.4 is 0 Å². The lowest BCUT2D eigenvalue weighted by Crippen LogP contribution is -2.40. The molecule has 17 heavy (non-hydrogen) atoms. The number of halogens is 2. The van der Waals surface area contributed by atoms with Gasteiger partial charge >= 0.3 is 5.97 Å². The average Bonchev–Trinajstić information content (AvgIpc) is 2.26. The molecule has 1 rings (SSSR count).